The lowest BCUT2D eigenvalue weighted by Crippen LogP contribution is -2.50. The van der Waals surface area contributed by atoms with Gasteiger partial charge in [0.1, 0.15) is 0 Å². The lowest BCUT2D eigenvalue weighted by atomic mass is 9.47. The molecule has 2 nitrogen and oxygen atoms in total. The summed E-state index contributed by atoms with van der Waals surface area (Å²) >= 11 is 0. The van der Waals surface area contributed by atoms with E-state index in [4.69, 9.17) is 4.74 Å². The van der Waals surface area contributed by atoms with Crippen LogP contribution in [-0.2, 0) is 4.74 Å². The molecule has 3 fully saturated rings. The van der Waals surface area contributed by atoms with Crippen LogP contribution in [0.15, 0.2) is 22.8 Å². The molecule has 0 amide bonds. The highest BCUT2D eigenvalue weighted by atomic mass is 16.5. The van der Waals surface area contributed by atoms with Gasteiger partial charge >= 0.3 is 0 Å². The van der Waals surface area contributed by atoms with Gasteiger partial charge in [-0.25, -0.2) is 0 Å². The fraction of sp³-hybridized carbons (Fsp3) is 0.808. The third-order valence-corrected chi connectivity index (χ3v) is 8.98. The Morgan fingerprint density at radius 3 is 2.46 bits per heavy atom. The highest BCUT2D eigenvalue weighted by molar-refractivity contribution is 5.36. The largest absolute Gasteiger partial charge is 0.372 e. The van der Waals surface area contributed by atoms with Crippen molar-refractivity contribution in [3.63, 3.8) is 0 Å². The summed E-state index contributed by atoms with van der Waals surface area (Å²) in [6, 6.07) is 2.47. The molecule has 3 saturated carbocycles. The van der Waals surface area contributed by atoms with Crippen molar-refractivity contribution in [2.24, 2.45) is 28.6 Å². The minimum absolute atomic E-state index is 0.0476. The fourth-order valence-corrected chi connectivity index (χ4v) is 7.72. The Kier molecular flexibility index (Phi) is 4.86. The minimum atomic E-state index is -0.0476. The Morgan fingerprint density at radius 1 is 1.11 bits per heavy atom. The predicted octanol–water partition coefficient (Wildman–Crippen LogP) is 6.97. The molecule has 0 heterocycles. The number of hydrogen-bond acceptors (Lipinski definition) is 2. The van der Waals surface area contributed by atoms with Gasteiger partial charge in [-0.1, -0.05) is 31.1 Å². The summed E-state index contributed by atoms with van der Waals surface area (Å²) in [6.07, 6.45) is 12.9. The van der Waals surface area contributed by atoms with Gasteiger partial charge in [0, 0.05) is 5.57 Å². The van der Waals surface area contributed by atoms with E-state index in [2.05, 4.69) is 46.8 Å². The van der Waals surface area contributed by atoms with Crippen molar-refractivity contribution in [3.05, 3.63) is 22.8 Å². The van der Waals surface area contributed by atoms with Crippen LogP contribution in [0.3, 0.4) is 0 Å². The summed E-state index contributed by atoms with van der Waals surface area (Å²) in [6.45, 7) is 13.6. The van der Waals surface area contributed by atoms with Crippen LogP contribution in [-0.4, -0.2) is 11.7 Å². The number of fused-ring (bicyclic) bond motifs is 5. The molecule has 28 heavy (non-hydrogen) atoms. The number of ether oxygens (including phenoxy) is 1. The maximum Gasteiger partial charge on any atom is 0.0943 e. The molecule has 4 aliphatic rings. The van der Waals surface area contributed by atoms with Gasteiger partial charge in [0.15, 0.2) is 0 Å². The van der Waals surface area contributed by atoms with E-state index in [1.54, 1.807) is 5.57 Å². The van der Waals surface area contributed by atoms with E-state index in [0.717, 1.165) is 36.2 Å². The predicted molar refractivity (Wildman–Crippen MR) is 115 cm³/mol. The van der Waals surface area contributed by atoms with Crippen molar-refractivity contribution < 1.29 is 4.74 Å². The molecule has 154 valence electrons. The average molecular weight is 382 g/mol. The number of nitrogens with zero attached hydrogens (tertiary/aromatic N) is 1. The maximum absolute atomic E-state index is 9.50. The van der Waals surface area contributed by atoms with E-state index in [-0.39, 0.29) is 11.0 Å². The molecule has 0 aromatic rings. The second kappa shape index (κ2) is 6.73. The van der Waals surface area contributed by atoms with Gasteiger partial charge in [0.25, 0.3) is 0 Å². The Morgan fingerprint density at radius 2 is 1.79 bits per heavy atom. The van der Waals surface area contributed by atoms with Crippen LogP contribution in [0.25, 0.3) is 0 Å². The molecule has 0 aliphatic heterocycles. The molecule has 0 saturated heterocycles. The molecule has 4 aliphatic carbocycles. The van der Waals surface area contributed by atoms with Crippen molar-refractivity contribution in [2.45, 2.75) is 105 Å². The molecule has 0 aromatic heterocycles. The SMILES string of the molecule is C/C(C#N)=C1/CC[C@H]2[C@@H]3CC=C4C[C@@H](OC(C)(C)C)CC[C@]4(C)[C@H]3CC[C@]12C. The summed E-state index contributed by atoms with van der Waals surface area (Å²) in [4.78, 5) is 0. The lowest BCUT2D eigenvalue weighted by molar-refractivity contribution is -0.0899. The van der Waals surface area contributed by atoms with Gasteiger partial charge < -0.3 is 4.74 Å². The molecule has 4 rings (SSSR count). The number of rotatable bonds is 1. The summed E-state index contributed by atoms with van der Waals surface area (Å²) in [5, 5.41) is 9.50. The molecular weight excluding hydrogens is 342 g/mol. The molecule has 2 heteroatoms. The normalized spacial score (nSPS) is 44.7. The van der Waals surface area contributed by atoms with E-state index in [1.165, 1.54) is 44.1 Å². The molecule has 0 aromatic carbocycles. The zero-order valence-electron chi connectivity index (χ0n) is 18.9. The topological polar surface area (TPSA) is 33.0 Å². The number of allylic oxidation sites excluding steroid dienone is 3. The fourth-order valence-electron chi connectivity index (χ4n) is 7.72. The second-order valence-corrected chi connectivity index (χ2v) is 11.6. The molecular formula is C26H39NO. The van der Waals surface area contributed by atoms with Crippen molar-refractivity contribution in [1.29, 1.82) is 5.26 Å². The number of nitriles is 1. The molecule has 0 N–H and O–H groups in total. The summed E-state index contributed by atoms with van der Waals surface area (Å²) in [7, 11) is 0. The smallest absolute Gasteiger partial charge is 0.0943 e. The standard InChI is InChI=1S/C26H39NO/c1-17(16-27)21-9-10-22-20-8-7-18-15-19(28-24(2,3)4)11-13-25(18,5)23(20)12-14-26(21,22)6/h7,19-20,22-23H,8-15H2,1-6H3/b21-17+/t19-,20-,22-,23-,25-,26+/m0/s1. The first-order valence-electron chi connectivity index (χ1n) is 11.6. The van der Waals surface area contributed by atoms with E-state index in [0.29, 0.717) is 11.5 Å². The van der Waals surface area contributed by atoms with Crippen LogP contribution in [0.4, 0.5) is 0 Å². The van der Waals surface area contributed by atoms with E-state index < -0.39 is 0 Å². The van der Waals surface area contributed by atoms with Crippen LogP contribution < -0.4 is 0 Å². The maximum atomic E-state index is 9.50. The summed E-state index contributed by atoms with van der Waals surface area (Å²) in [5.41, 5.74) is 4.78. The Labute approximate surface area is 172 Å². The summed E-state index contributed by atoms with van der Waals surface area (Å²) < 4.78 is 6.37. The second-order valence-electron chi connectivity index (χ2n) is 11.6. The van der Waals surface area contributed by atoms with Crippen molar-refractivity contribution in [3.8, 4) is 6.07 Å². The van der Waals surface area contributed by atoms with Crippen molar-refractivity contribution >= 4 is 0 Å². The highest BCUT2D eigenvalue weighted by Gasteiger charge is 2.57. The van der Waals surface area contributed by atoms with Gasteiger partial charge in [-0.05, 0) is 108 Å². The van der Waals surface area contributed by atoms with Crippen LogP contribution in [0.1, 0.15) is 92.9 Å². The third kappa shape index (κ3) is 3.09. The molecule has 0 bridgehead atoms. The molecule has 6 atom stereocenters. The van der Waals surface area contributed by atoms with Crippen molar-refractivity contribution in [2.75, 3.05) is 0 Å². The Hall–Kier alpha value is -1.07. The van der Waals surface area contributed by atoms with Gasteiger partial charge in [0.2, 0.25) is 0 Å². The first-order chi connectivity index (χ1) is 13.1. The minimum Gasteiger partial charge on any atom is -0.372 e. The Balaban J connectivity index is 1.59. The number of hydrogen-bond donors (Lipinski definition) is 0. The van der Waals surface area contributed by atoms with Crippen LogP contribution in [0, 0.1) is 39.9 Å². The first kappa shape index (κ1) is 20.2. The summed E-state index contributed by atoms with van der Waals surface area (Å²) in [5.74, 6) is 2.39. The van der Waals surface area contributed by atoms with Gasteiger partial charge in [0.05, 0.1) is 17.8 Å². The highest BCUT2D eigenvalue weighted by Crippen LogP contribution is 2.66. The quantitative estimate of drug-likeness (QED) is 0.363. The zero-order valence-corrected chi connectivity index (χ0v) is 18.9. The first-order valence-corrected chi connectivity index (χ1v) is 11.6. The van der Waals surface area contributed by atoms with Crippen molar-refractivity contribution in [1.82, 2.24) is 0 Å². The lowest BCUT2D eigenvalue weighted by Gasteiger charge is -2.57. The molecule has 0 unspecified atom stereocenters. The average Bonchev–Trinajstić information content (AvgIpc) is 2.97. The van der Waals surface area contributed by atoms with Gasteiger partial charge in [-0.2, -0.15) is 5.26 Å². The van der Waals surface area contributed by atoms with E-state index in [1.807, 2.05) is 6.92 Å². The van der Waals surface area contributed by atoms with Crippen LogP contribution in [0.2, 0.25) is 0 Å². The van der Waals surface area contributed by atoms with Gasteiger partial charge in [-0.3, -0.25) is 0 Å². The Bertz CT molecular complexity index is 747. The van der Waals surface area contributed by atoms with Gasteiger partial charge in [-0.15, -0.1) is 0 Å². The van der Waals surface area contributed by atoms with E-state index >= 15 is 0 Å². The zero-order chi connectivity index (χ0) is 20.3. The molecule has 0 radical (unpaired) electrons. The molecule has 0 spiro atoms. The monoisotopic (exact) mass is 381 g/mol. The van der Waals surface area contributed by atoms with E-state index in [9.17, 15) is 5.26 Å². The van der Waals surface area contributed by atoms with Crippen LogP contribution in [0.5, 0.6) is 0 Å². The van der Waals surface area contributed by atoms with Crippen LogP contribution >= 0.6 is 0 Å². The third-order valence-electron chi connectivity index (χ3n) is 8.98.